The van der Waals surface area contributed by atoms with E-state index in [9.17, 15) is 5.11 Å². The Labute approximate surface area is 113 Å². The number of hydrogen-bond donors (Lipinski definition) is 2. The molecule has 0 saturated heterocycles. The van der Waals surface area contributed by atoms with Gasteiger partial charge in [-0.15, -0.1) is 0 Å². The van der Waals surface area contributed by atoms with Crippen LogP contribution in [0.15, 0.2) is 36.7 Å². The zero-order valence-corrected chi connectivity index (χ0v) is 11.5. The fraction of sp³-hybridized carbons (Fsp3) is 0.333. The number of hydrogen-bond acceptors (Lipinski definition) is 4. The smallest absolute Gasteiger partial charge is 0.159 e. The minimum atomic E-state index is 0.0733. The number of nitrogens with zero attached hydrogens (tertiary/aromatic N) is 2. The Kier molecular flexibility index (Phi) is 3.81. The third-order valence-corrected chi connectivity index (χ3v) is 2.63. The van der Waals surface area contributed by atoms with Crippen LogP contribution in [0.25, 0.3) is 11.4 Å². The lowest BCUT2D eigenvalue weighted by atomic mass is 10.1. The predicted molar refractivity (Wildman–Crippen MR) is 75.7 cm³/mol. The van der Waals surface area contributed by atoms with Gasteiger partial charge in [0, 0.05) is 35.6 Å². The first-order chi connectivity index (χ1) is 8.94. The molecule has 19 heavy (non-hydrogen) atoms. The molecule has 4 heteroatoms. The molecule has 0 fully saturated rings. The van der Waals surface area contributed by atoms with Crippen LogP contribution in [-0.2, 0) is 6.54 Å². The SMILES string of the molecule is CC(C)(C)NCc1cnc(-c2cccc(O)c2)nc1. The van der Waals surface area contributed by atoms with Gasteiger partial charge in [-0.1, -0.05) is 12.1 Å². The number of benzene rings is 1. The average molecular weight is 257 g/mol. The van der Waals surface area contributed by atoms with Crippen molar-refractivity contribution >= 4 is 0 Å². The van der Waals surface area contributed by atoms with Crippen LogP contribution >= 0.6 is 0 Å². The van der Waals surface area contributed by atoms with Crippen molar-refractivity contribution in [1.82, 2.24) is 15.3 Å². The van der Waals surface area contributed by atoms with Crippen LogP contribution in [0.4, 0.5) is 0 Å². The van der Waals surface area contributed by atoms with Crippen LogP contribution in [-0.4, -0.2) is 20.6 Å². The van der Waals surface area contributed by atoms with E-state index in [0.29, 0.717) is 5.82 Å². The Morgan fingerprint density at radius 3 is 2.42 bits per heavy atom. The van der Waals surface area contributed by atoms with Gasteiger partial charge >= 0.3 is 0 Å². The second-order valence-electron chi connectivity index (χ2n) is 5.57. The van der Waals surface area contributed by atoms with Crippen LogP contribution in [0.3, 0.4) is 0 Å². The molecule has 100 valence electrons. The van der Waals surface area contributed by atoms with Crippen molar-refractivity contribution in [3.63, 3.8) is 0 Å². The number of phenolic OH excluding ortho intramolecular Hbond substituents is 1. The van der Waals surface area contributed by atoms with Crippen LogP contribution < -0.4 is 5.32 Å². The van der Waals surface area contributed by atoms with Crippen molar-refractivity contribution in [2.75, 3.05) is 0 Å². The van der Waals surface area contributed by atoms with Gasteiger partial charge in [-0.3, -0.25) is 0 Å². The second-order valence-corrected chi connectivity index (χ2v) is 5.57. The van der Waals surface area contributed by atoms with Crippen molar-refractivity contribution in [3.05, 3.63) is 42.2 Å². The third kappa shape index (κ3) is 4.03. The fourth-order valence-corrected chi connectivity index (χ4v) is 1.61. The molecule has 1 aromatic heterocycles. The van der Waals surface area contributed by atoms with E-state index in [4.69, 9.17) is 0 Å². The maximum Gasteiger partial charge on any atom is 0.159 e. The topological polar surface area (TPSA) is 58.0 Å². The van der Waals surface area contributed by atoms with Crippen molar-refractivity contribution in [1.29, 1.82) is 0 Å². The lowest BCUT2D eigenvalue weighted by Gasteiger charge is -2.20. The lowest BCUT2D eigenvalue weighted by molar-refractivity contribution is 0.423. The van der Waals surface area contributed by atoms with E-state index >= 15 is 0 Å². The number of rotatable bonds is 3. The number of phenols is 1. The molecule has 2 rings (SSSR count). The summed E-state index contributed by atoms with van der Waals surface area (Å²) >= 11 is 0. The summed E-state index contributed by atoms with van der Waals surface area (Å²) in [5.74, 6) is 0.843. The van der Waals surface area contributed by atoms with E-state index in [1.807, 2.05) is 18.5 Å². The molecule has 1 heterocycles. The third-order valence-electron chi connectivity index (χ3n) is 2.63. The first-order valence-corrected chi connectivity index (χ1v) is 6.29. The molecule has 0 atom stereocenters. The van der Waals surface area contributed by atoms with Crippen molar-refractivity contribution < 1.29 is 5.11 Å². The van der Waals surface area contributed by atoms with Crippen LogP contribution in [0.5, 0.6) is 5.75 Å². The molecule has 4 nitrogen and oxygen atoms in total. The van der Waals surface area contributed by atoms with Crippen molar-refractivity contribution in [2.45, 2.75) is 32.9 Å². The summed E-state index contributed by atoms with van der Waals surface area (Å²) in [7, 11) is 0. The summed E-state index contributed by atoms with van der Waals surface area (Å²) in [5, 5.41) is 12.8. The highest BCUT2D eigenvalue weighted by Gasteiger charge is 2.09. The molecule has 0 aliphatic rings. The maximum absolute atomic E-state index is 9.44. The molecule has 2 aromatic rings. The molecule has 0 unspecified atom stereocenters. The summed E-state index contributed by atoms with van der Waals surface area (Å²) < 4.78 is 0. The lowest BCUT2D eigenvalue weighted by Crippen LogP contribution is -2.35. The highest BCUT2D eigenvalue weighted by molar-refractivity contribution is 5.56. The minimum Gasteiger partial charge on any atom is -0.508 e. The Morgan fingerprint density at radius 1 is 1.16 bits per heavy atom. The highest BCUT2D eigenvalue weighted by atomic mass is 16.3. The number of nitrogens with one attached hydrogen (secondary N) is 1. The molecule has 1 aromatic carbocycles. The second kappa shape index (κ2) is 5.36. The van der Waals surface area contributed by atoms with E-state index in [-0.39, 0.29) is 11.3 Å². The molecule has 0 saturated carbocycles. The van der Waals surface area contributed by atoms with Gasteiger partial charge < -0.3 is 10.4 Å². The number of aromatic hydroxyl groups is 1. The van der Waals surface area contributed by atoms with Crippen LogP contribution in [0.2, 0.25) is 0 Å². The fourth-order valence-electron chi connectivity index (χ4n) is 1.61. The normalized spacial score (nSPS) is 11.5. The monoisotopic (exact) mass is 257 g/mol. The van der Waals surface area contributed by atoms with E-state index in [1.165, 1.54) is 0 Å². The quantitative estimate of drug-likeness (QED) is 0.887. The summed E-state index contributed by atoms with van der Waals surface area (Å²) in [4.78, 5) is 8.66. The minimum absolute atomic E-state index is 0.0733. The van der Waals surface area contributed by atoms with Gasteiger partial charge in [-0.05, 0) is 32.9 Å². The zero-order valence-electron chi connectivity index (χ0n) is 11.5. The average Bonchev–Trinajstić information content (AvgIpc) is 2.36. The first-order valence-electron chi connectivity index (χ1n) is 6.29. The Bertz CT molecular complexity index is 544. The molecular weight excluding hydrogens is 238 g/mol. The van der Waals surface area contributed by atoms with Gasteiger partial charge in [0.2, 0.25) is 0 Å². The van der Waals surface area contributed by atoms with Crippen molar-refractivity contribution in [3.8, 4) is 17.1 Å². The van der Waals surface area contributed by atoms with Gasteiger partial charge in [0.1, 0.15) is 5.75 Å². The molecule has 2 N–H and O–H groups in total. The van der Waals surface area contributed by atoms with E-state index in [1.54, 1.807) is 18.2 Å². The molecule has 0 aliphatic carbocycles. The van der Waals surface area contributed by atoms with Crippen LogP contribution in [0.1, 0.15) is 26.3 Å². The largest absolute Gasteiger partial charge is 0.508 e. The molecule has 0 bridgehead atoms. The Hall–Kier alpha value is -1.94. The van der Waals surface area contributed by atoms with Gasteiger partial charge in [-0.2, -0.15) is 0 Å². The van der Waals surface area contributed by atoms with Gasteiger partial charge in [0.05, 0.1) is 0 Å². The molecule has 0 aliphatic heterocycles. The summed E-state index contributed by atoms with van der Waals surface area (Å²) in [6.45, 7) is 7.10. The van der Waals surface area contributed by atoms with E-state index in [2.05, 4.69) is 36.1 Å². The van der Waals surface area contributed by atoms with Gasteiger partial charge in [0.15, 0.2) is 5.82 Å². The van der Waals surface area contributed by atoms with E-state index in [0.717, 1.165) is 17.7 Å². The Balaban J connectivity index is 2.10. The molecular formula is C15H19N3O. The first kappa shape index (κ1) is 13.5. The maximum atomic E-state index is 9.44. The molecule has 0 radical (unpaired) electrons. The summed E-state index contributed by atoms with van der Waals surface area (Å²) in [6, 6.07) is 6.94. The Morgan fingerprint density at radius 2 is 1.84 bits per heavy atom. The molecule has 0 spiro atoms. The van der Waals surface area contributed by atoms with Gasteiger partial charge in [-0.25, -0.2) is 9.97 Å². The predicted octanol–water partition coefficient (Wildman–Crippen LogP) is 2.74. The van der Waals surface area contributed by atoms with Gasteiger partial charge in [0.25, 0.3) is 0 Å². The summed E-state index contributed by atoms with van der Waals surface area (Å²) in [6.07, 6.45) is 3.62. The number of aromatic nitrogens is 2. The van der Waals surface area contributed by atoms with Crippen LogP contribution in [0, 0.1) is 0 Å². The highest BCUT2D eigenvalue weighted by Crippen LogP contribution is 2.19. The standard InChI is InChI=1S/C15H19N3O/c1-15(2,3)18-10-11-8-16-14(17-9-11)12-5-4-6-13(19)7-12/h4-9,18-19H,10H2,1-3H3. The summed E-state index contributed by atoms with van der Waals surface area (Å²) in [5.41, 5.74) is 1.93. The van der Waals surface area contributed by atoms with Crippen molar-refractivity contribution in [2.24, 2.45) is 0 Å². The van der Waals surface area contributed by atoms with E-state index < -0.39 is 0 Å². The molecule has 0 amide bonds. The zero-order chi connectivity index (χ0) is 13.9.